The molecule has 0 amide bonds. The van der Waals surface area contributed by atoms with Crippen molar-refractivity contribution >= 4 is 0 Å². The third kappa shape index (κ3) is 3.17. The summed E-state index contributed by atoms with van der Waals surface area (Å²) in [6.45, 7) is 8.40. The monoisotopic (exact) mass is 292 g/mol. The number of likely N-dealkylation sites (tertiary alicyclic amines) is 1. The molecule has 1 heterocycles. The number of nitrogens with zero attached hydrogens (tertiary/aromatic N) is 1. The van der Waals surface area contributed by atoms with Gasteiger partial charge in [-0.05, 0) is 75.3 Å². The van der Waals surface area contributed by atoms with E-state index in [1.165, 1.54) is 83.7 Å². The zero-order valence-electron chi connectivity index (χ0n) is 14.4. The third-order valence-electron chi connectivity index (χ3n) is 7.30. The van der Waals surface area contributed by atoms with E-state index in [1.54, 1.807) is 0 Å². The molecule has 3 fully saturated rings. The third-order valence-corrected chi connectivity index (χ3v) is 7.30. The van der Waals surface area contributed by atoms with Crippen LogP contribution in [0.25, 0.3) is 0 Å². The summed E-state index contributed by atoms with van der Waals surface area (Å²) in [6.07, 6.45) is 15.6. The lowest BCUT2D eigenvalue weighted by molar-refractivity contribution is 0.0117. The zero-order chi connectivity index (χ0) is 15.0. The van der Waals surface area contributed by atoms with Crippen LogP contribution in [-0.2, 0) is 0 Å². The molecule has 122 valence electrons. The first-order valence-corrected chi connectivity index (χ1v) is 9.45. The van der Waals surface area contributed by atoms with Crippen LogP contribution in [0.2, 0.25) is 0 Å². The highest BCUT2D eigenvalue weighted by Gasteiger charge is 2.44. The van der Waals surface area contributed by atoms with Crippen molar-refractivity contribution in [1.82, 2.24) is 4.90 Å². The highest BCUT2D eigenvalue weighted by atomic mass is 15.2. The van der Waals surface area contributed by atoms with Gasteiger partial charge in [0.2, 0.25) is 0 Å². The maximum absolute atomic E-state index is 6.33. The van der Waals surface area contributed by atoms with Crippen LogP contribution in [0, 0.1) is 10.8 Å². The first-order chi connectivity index (χ1) is 9.99. The minimum atomic E-state index is 0.327. The van der Waals surface area contributed by atoms with Crippen molar-refractivity contribution < 1.29 is 0 Å². The Morgan fingerprint density at radius 1 is 0.762 bits per heavy atom. The number of hydrogen-bond acceptors (Lipinski definition) is 2. The van der Waals surface area contributed by atoms with Crippen LogP contribution in [-0.4, -0.2) is 30.1 Å². The van der Waals surface area contributed by atoms with Crippen molar-refractivity contribution in [2.24, 2.45) is 16.6 Å². The molecule has 2 heteroatoms. The van der Waals surface area contributed by atoms with Gasteiger partial charge in [0.25, 0.3) is 0 Å². The minimum Gasteiger partial charge on any atom is -0.329 e. The molecule has 3 rings (SSSR count). The number of piperidine rings is 1. The molecule has 2 nitrogen and oxygen atoms in total. The first kappa shape index (κ1) is 15.8. The van der Waals surface area contributed by atoms with Crippen LogP contribution in [0.4, 0.5) is 0 Å². The lowest BCUT2D eigenvalue weighted by Crippen LogP contribution is -2.57. The van der Waals surface area contributed by atoms with Crippen molar-refractivity contribution in [3.63, 3.8) is 0 Å². The molecule has 1 saturated heterocycles. The second-order valence-electron chi connectivity index (χ2n) is 9.14. The standard InChI is InChI=1S/C19H36N2/c1-17(2)6-5-9-19(16-20,11-10-17)21-14-12-18(13-15-21)7-3-4-8-18/h3-16,20H2,1-2H3. The summed E-state index contributed by atoms with van der Waals surface area (Å²) in [5, 5.41) is 0. The Bertz CT molecular complexity index is 347. The van der Waals surface area contributed by atoms with Crippen LogP contribution in [0.15, 0.2) is 0 Å². The molecule has 3 aliphatic rings. The van der Waals surface area contributed by atoms with Gasteiger partial charge in [-0.25, -0.2) is 0 Å². The molecule has 1 spiro atoms. The van der Waals surface area contributed by atoms with Crippen molar-refractivity contribution in [3.05, 3.63) is 0 Å². The van der Waals surface area contributed by atoms with Crippen molar-refractivity contribution in [1.29, 1.82) is 0 Å². The lowest BCUT2D eigenvalue weighted by atomic mass is 9.74. The van der Waals surface area contributed by atoms with E-state index < -0.39 is 0 Å². The minimum absolute atomic E-state index is 0.327. The Balaban J connectivity index is 1.66. The topological polar surface area (TPSA) is 29.3 Å². The quantitative estimate of drug-likeness (QED) is 0.768. The molecule has 2 N–H and O–H groups in total. The van der Waals surface area contributed by atoms with E-state index in [1.807, 2.05) is 0 Å². The fourth-order valence-electron chi connectivity index (χ4n) is 5.45. The molecular weight excluding hydrogens is 256 g/mol. The summed E-state index contributed by atoms with van der Waals surface area (Å²) in [4.78, 5) is 2.82. The summed E-state index contributed by atoms with van der Waals surface area (Å²) in [6, 6.07) is 0. The molecule has 0 aromatic carbocycles. The normalized spacial score (nSPS) is 36.7. The zero-order valence-corrected chi connectivity index (χ0v) is 14.4. The van der Waals surface area contributed by atoms with E-state index in [4.69, 9.17) is 5.73 Å². The van der Waals surface area contributed by atoms with Gasteiger partial charge in [-0.1, -0.05) is 33.1 Å². The summed E-state index contributed by atoms with van der Waals surface area (Å²) in [5.74, 6) is 0. The Hall–Kier alpha value is -0.0800. The van der Waals surface area contributed by atoms with E-state index in [-0.39, 0.29) is 0 Å². The average Bonchev–Trinajstić information content (AvgIpc) is 2.85. The number of nitrogens with two attached hydrogens (primary N) is 1. The van der Waals surface area contributed by atoms with Crippen LogP contribution in [0.1, 0.15) is 84.5 Å². The van der Waals surface area contributed by atoms with E-state index in [0.29, 0.717) is 11.0 Å². The largest absolute Gasteiger partial charge is 0.329 e. The predicted octanol–water partition coefficient (Wildman–Crippen LogP) is 4.33. The molecule has 2 saturated carbocycles. The fraction of sp³-hybridized carbons (Fsp3) is 1.00. The van der Waals surface area contributed by atoms with Gasteiger partial charge in [0.15, 0.2) is 0 Å². The van der Waals surface area contributed by atoms with E-state index >= 15 is 0 Å². The van der Waals surface area contributed by atoms with E-state index in [0.717, 1.165) is 12.0 Å². The number of hydrogen-bond donors (Lipinski definition) is 1. The van der Waals surface area contributed by atoms with Crippen LogP contribution < -0.4 is 5.73 Å². The van der Waals surface area contributed by atoms with E-state index in [2.05, 4.69) is 18.7 Å². The van der Waals surface area contributed by atoms with Gasteiger partial charge in [0.05, 0.1) is 0 Å². The van der Waals surface area contributed by atoms with Gasteiger partial charge in [0.1, 0.15) is 0 Å². The SMILES string of the molecule is CC1(C)CCCC(CN)(N2CCC3(CCCC3)CC2)CC1. The van der Waals surface area contributed by atoms with Gasteiger partial charge < -0.3 is 5.73 Å². The van der Waals surface area contributed by atoms with Gasteiger partial charge in [0, 0.05) is 12.1 Å². The Labute approximate surface area is 131 Å². The van der Waals surface area contributed by atoms with Gasteiger partial charge >= 0.3 is 0 Å². The van der Waals surface area contributed by atoms with Gasteiger partial charge in [-0.3, -0.25) is 4.90 Å². The fourth-order valence-corrected chi connectivity index (χ4v) is 5.45. The second-order valence-corrected chi connectivity index (χ2v) is 9.14. The van der Waals surface area contributed by atoms with Crippen LogP contribution in [0.5, 0.6) is 0 Å². The molecule has 1 aliphatic heterocycles. The molecule has 2 aliphatic carbocycles. The predicted molar refractivity (Wildman–Crippen MR) is 90.4 cm³/mol. The molecule has 1 atom stereocenters. The number of rotatable bonds is 2. The molecule has 0 aromatic rings. The highest BCUT2D eigenvalue weighted by Crippen LogP contribution is 2.48. The summed E-state index contributed by atoms with van der Waals surface area (Å²) >= 11 is 0. The molecule has 1 unspecified atom stereocenters. The summed E-state index contributed by atoms with van der Waals surface area (Å²) < 4.78 is 0. The molecule has 21 heavy (non-hydrogen) atoms. The average molecular weight is 293 g/mol. The van der Waals surface area contributed by atoms with Gasteiger partial charge in [-0.15, -0.1) is 0 Å². The maximum atomic E-state index is 6.33. The Kier molecular flexibility index (Phi) is 4.40. The van der Waals surface area contributed by atoms with Gasteiger partial charge in [-0.2, -0.15) is 0 Å². The molecular formula is C19H36N2. The second kappa shape index (κ2) is 5.85. The van der Waals surface area contributed by atoms with Crippen LogP contribution >= 0.6 is 0 Å². The van der Waals surface area contributed by atoms with Crippen molar-refractivity contribution in [2.75, 3.05) is 19.6 Å². The molecule has 0 radical (unpaired) electrons. The smallest absolute Gasteiger partial charge is 0.0331 e. The highest BCUT2D eigenvalue weighted by molar-refractivity contribution is 5.00. The van der Waals surface area contributed by atoms with E-state index in [9.17, 15) is 0 Å². The van der Waals surface area contributed by atoms with Crippen molar-refractivity contribution in [3.8, 4) is 0 Å². The molecule has 0 bridgehead atoms. The summed E-state index contributed by atoms with van der Waals surface area (Å²) in [5.41, 5.74) is 7.92. The lowest BCUT2D eigenvalue weighted by Gasteiger charge is -2.49. The Morgan fingerprint density at radius 3 is 2.05 bits per heavy atom. The molecule has 0 aromatic heterocycles. The summed E-state index contributed by atoms with van der Waals surface area (Å²) in [7, 11) is 0. The van der Waals surface area contributed by atoms with Crippen molar-refractivity contribution in [2.45, 2.75) is 90.0 Å². The first-order valence-electron chi connectivity index (χ1n) is 9.45. The maximum Gasteiger partial charge on any atom is 0.0331 e. The van der Waals surface area contributed by atoms with Crippen LogP contribution in [0.3, 0.4) is 0 Å². The Morgan fingerprint density at radius 2 is 1.43 bits per heavy atom.